The Balaban J connectivity index is 1.96. The number of anilines is 1. The predicted octanol–water partition coefficient (Wildman–Crippen LogP) is 5.50. The third kappa shape index (κ3) is 5.27. The van der Waals surface area contributed by atoms with Gasteiger partial charge in [0.2, 0.25) is 0 Å². The fraction of sp³-hybridized carbons (Fsp3) is 0.133. The zero-order valence-electron chi connectivity index (χ0n) is 11.5. The second-order valence-corrected chi connectivity index (χ2v) is 5.86. The maximum absolute atomic E-state index is 12.6. The van der Waals surface area contributed by atoms with E-state index in [-0.39, 0.29) is 10.8 Å². The summed E-state index contributed by atoms with van der Waals surface area (Å²) in [7, 11) is 0. The molecule has 0 radical (unpaired) electrons. The monoisotopic (exact) mass is 378 g/mol. The molecule has 2 aromatic carbocycles. The van der Waals surface area contributed by atoms with Gasteiger partial charge in [-0.1, -0.05) is 35.3 Å². The lowest BCUT2D eigenvalue weighted by atomic mass is 10.2. The van der Waals surface area contributed by atoms with E-state index in [1.807, 2.05) is 0 Å². The van der Waals surface area contributed by atoms with Crippen LogP contribution in [0.4, 0.5) is 18.9 Å². The molecule has 2 nitrogen and oxygen atoms in total. The summed E-state index contributed by atoms with van der Waals surface area (Å²) in [4.78, 5) is 0. The molecule has 2 rings (SSSR count). The Morgan fingerprint density at radius 1 is 1.04 bits per heavy atom. The molecule has 0 bridgehead atoms. The highest BCUT2D eigenvalue weighted by Gasteiger charge is 2.30. The van der Waals surface area contributed by atoms with Crippen molar-refractivity contribution in [3.05, 3.63) is 63.6 Å². The van der Waals surface area contributed by atoms with Crippen LogP contribution >= 0.6 is 35.4 Å². The van der Waals surface area contributed by atoms with Crippen LogP contribution in [0, 0.1) is 0 Å². The molecular formula is C15H11Cl2F3N2S. The Morgan fingerprint density at radius 3 is 2.43 bits per heavy atom. The van der Waals surface area contributed by atoms with Crippen LogP contribution < -0.4 is 10.6 Å². The van der Waals surface area contributed by atoms with Crippen molar-refractivity contribution < 1.29 is 13.2 Å². The minimum absolute atomic E-state index is 0.204. The van der Waals surface area contributed by atoms with E-state index in [1.165, 1.54) is 12.1 Å². The van der Waals surface area contributed by atoms with Crippen molar-refractivity contribution >= 4 is 46.2 Å². The minimum atomic E-state index is -4.40. The van der Waals surface area contributed by atoms with Gasteiger partial charge in [0.15, 0.2) is 5.11 Å². The van der Waals surface area contributed by atoms with E-state index in [2.05, 4.69) is 10.6 Å². The highest BCUT2D eigenvalue weighted by Crippen LogP contribution is 2.30. The molecule has 0 spiro atoms. The first-order chi connectivity index (χ1) is 10.8. The van der Waals surface area contributed by atoms with Crippen LogP contribution in [0.2, 0.25) is 10.0 Å². The summed E-state index contributed by atoms with van der Waals surface area (Å²) in [6.07, 6.45) is -4.40. The summed E-state index contributed by atoms with van der Waals surface area (Å²) in [6.45, 7) is 0.363. The van der Waals surface area contributed by atoms with Crippen LogP contribution in [-0.4, -0.2) is 5.11 Å². The summed E-state index contributed by atoms with van der Waals surface area (Å²) >= 11 is 16.8. The van der Waals surface area contributed by atoms with Crippen LogP contribution in [0.1, 0.15) is 11.1 Å². The third-order valence-electron chi connectivity index (χ3n) is 2.88. The molecule has 8 heteroatoms. The van der Waals surface area contributed by atoms with E-state index in [4.69, 9.17) is 35.4 Å². The highest BCUT2D eigenvalue weighted by molar-refractivity contribution is 7.80. The maximum atomic E-state index is 12.6. The molecule has 0 unspecified atom stereocenters. The minimum Gasteiger partial charge on any atom is -0.358 e. The molecule has 0 atom stereocenters. The zero-order valence-corrected chi connectivity index (χ0v) is 13.9. The molecule has 0 saturated heterocycles. The first-order valence-corrected chi connectivity index (χ1v) is 7.58. The van der Waals surface area contributed by atoms with Crippen molar-refractivity contribution in [2.75, 3.05) is 5.32 Å². The van der Waals surface area contributed by atoms with E-state index < -0.39 is 11.7 Å². The van der Waals surface area contributed by atoms with Crippen LogP contribution in [-0.2, 0) is 12.7 Å². The number of thiocarbonyl (C=S) groups is 1. The molecule has 0 fully saturated rings. The second kappa shape index (κ2) is 7.38. The highest BCUT2D eigenvalue weighted by atomic mass is 35.5. The average molecular weight is 379 g/mol. The van der Waals surface area contributed by atoms with Crippen LogP contribution in [0.25, 0.3) is 0 Å². The number of halogens is 5. The predicted molar refractivity (Wildman–Crippen MR) is 91.0 cm³/mol. The molecule has 2 N–H and O–H groups in total. The van der Waals surface area contributed by atoms with E-state index in [1.54, 1.807) is 18.2 Å². The van der Waals surface area contributed by atoms with E-state index in [0.717, 1.165) is 17.7 Å². The molecule has 0 aliphatic rings. The van der Waals surface area contributed by atoms with E-state index >= 15 is 0 Å². The summed E-state index contributed by atoms with van der Waals surface area (Å²) < 4.78 is 37.9. The van der Waals surface area contributed by atoms with Gasteiger partial charge in [0.05, 0.1) is 15.6 Å². The Kier molecular flexibility index (Phi) is 5.73. The molecule has 0 heterocycles. The first kappa shape index (κ1) is 17.8. The third-order valence-corrected chi connectivity index (χ3v) is 3.87. The van der Waals surface area contributed by atoms with Gasteiger partial charge >= 0.3 is 6.18 Å². The molecule has 0 aliphatic carbocycles. The molecule has 0 saturated carbocycles. The Bertz CT molecular complexity index is 720. The number of alkyl halides is 3. The topological polar surface area (TPSA) is 24.1 Å². The van der Waals surface area contributed by atoms with Gasteiger partial charge in [0, 0.05) is 12.2 Å². The molecule has 0 amide bonds. The van der Waals surface area contributed by atoms with Crippen molar-refractivity contribution in [3.8, 4) is 0 Å². The van der Waals surface area contributed by atoms with Crippen molar-refractivity contribution in [1.82, 2.24) is 5.32 Å². The fourth-order valence-corrected chi connectivity index (χ4v) is 2.29. The smallest absolute Gasteiger partial charge is 0.358 e. The lowest BCUT2D eigenvalue weighted by Crippen LogP contribution is -2.28. The van der Waals surface area contributed by atoms with Gasteiger partial charge in [-0.25, -0.2) is 0 Å². The normalized spacial score (nSPS) is 11.2. The largest absolute Gasteiger partial charge is 0.416 e. The van der Waals surface area contributed by atoms with Gasteiger partial charge < -0.3 is 10.6 Å². The summed E-state index contributed by atoms with van der Waals surface area (Å²) in [5.74, 6) is 0. The van der Waals surface area contributed by atoms with Gasteiger partial charge in [-0.3, -0.25) is 0 Å². The summed E-state index contributed by atoms with van der Waals surface area (Å²) in [5, 5.41) is 6.67. The summed E-state index contributed by atoms with van der Waals surface area (Å²) in [5.41, 5.74) is 0.355. The quantitative estimate of drug-likeness (QED) is 0.689. The average Bonchev–Trinajstić information content (AvgIpc) is 2.48. The first-order valence-electron chi connectivity index (χ1n) is 6.42. The van der Waals surface area contributed by atoms with Crippen molar-refractivity contribution in [1.29, 1.82) is 0 Å². The number of hydrogen-bond acceptors (Lipinski definition) is 1. The van der Waals surface area contributed by atoms with Crippen LogP contribution in [0.3, 0.4) is 0 Å². The zero-order chi connectivity index (χ0) is 17.0. The fourth-order valence-electron chi connectivity index (χ4n) is 1.78. The van der Waals surface area contributed by atoms with Crippen LogP contribution in [0.5, 0.6) is 0 Å². The number of hydrogen-bond donors (Lipinski definition) is 2. The number of rotatable bonds is 3. The molecule has 23 heavy (non-hydrogen) atoms. The Hall–Kier alpha value is -1.50. The van der Waals surface area contributed by atoms with Gasteiger partial charge in [-0.15, -0.1) is 0 Å². The number of nitrogens with one attached hydrogen (secondary N) is 2. The van der Waals surface area contributed by atoms with Crippen molar-refractivity contribution in [2.24, 2.45) is 0 Å². The maximum Gasteiger partial charge on any atom is 0.416 e. The molecule has 2 aromatic rings. The van der Waals surface area contributed by atoms with Gasteiger partial charge in [0.1, 0.15) is 0 Å². The summed E-state index contributed by atoms with van der Waals surface area (Å²) in [6, 6.07) is 9.92. The molecular weight excluding hydrogens is 368 g/mol. The molecule has 122 valence electrons. The van der Waals surface area contributed by atoms with Crippen molar-refractivity contribution in [3.63, 3.8) is 0 Å². The van der Waals surface area contributed by atoms with E-state index in [0.29, 0.717) is 16.6 Å². The van der Waals surface area contributed by atoms with Crippen molar-refractivity contribution in [2.45, 2.75) is 12.7 Å². The lowest BCUT2D eigenvalue weighted by molar-refractivity contribution is -0.137. The van der Waals surface area contributed by atoms with E-state index in [9.17, 15) is 13.2 Å². The lowest BCUT2D eigenvalue weighted by Gasteiger charge is -2.13. The Morgan fingerprint density at radius 2 is 1.78 bits per heavy atom. The number of benzene rings is 2. The second-order valence-electron chi connectivity index (χ2n) is 4.63. The standard InChI is InChI=1S/C15H11Cl2F3N2S/c16-12-5-4-9(6-13(12)17)8-21-14(23)22-11-3-1-2-10(7-11)15(18,19)20/h1-7H,8H2,(H2,21,22,23). The van der Waals surface area contributed by atoms with Gasteiger partial charge in [-0.2, -0.15) is 13.2 Å². The molecule has 0 aliphatic heterocycles. The van der Waals surface area contributed by atoms with Crippen LogP contribution in [0.15, 0.2) is 42.5 Å². The Labute approximate surface area is 146 Å². The molecule has 0 aromatic heterocycles. The van der Waals surface area contributed by atoms with Gasteiger partial charge in [-0.05, 0) is 48.1 Å². The SMILES string of the molecule is FC(F)(F)c1cccc(NC(=S)NCc2ccc(Cl)c(Cl)c2)c1. The van der Waals surface area contributed by atoms with Gasteiger partial charge in [0.25, 0.3) is 0 Å².